The van der Waals surface area contributed by atoms with E-state index in [1.54, 1.807) is 60.7 Å². The number of hydrogen-bond acceptors (Lipinski definition) is 8. The molecule has 0 saturated heterocycles. The van der Waals surface area contributed by atoms with Crippen LogP contribution in [0, 0.1) is 0 Å². The first-order chi connectivity index (χ1) is 16.5. The number of ether oxygens (including phenoxy) is 3. The van der Waals surface area contributed by atoms with E-state index < -0.39 is 10.0 Å². The third-order valence-corrected chi connectivity index (χ3v) is 6.95. The van der Waals surface area contributed by atoms with E-state index in [1.165, 1.54) is 31.9 Å². The van der Waals surface area contributed by atoms with Crippen LogP contribution in [0.5, 0.6) is 17.2 Å². The number of sulfonamides is 1. The van der Waals surface area contributed by atoms with E-state index in [1.807, 2.05) is 0 Å². The van der Waals surface area contributed by atoms with Gasteiger partial charge < -0.3 is 23.2 Å². The molecular formula is C24H24N2O7S. The Labute approximate surface area is 197 Å². The normalized spacial score (nSPS) is 11.5. The van der Waals surface area contributed by atoms with E-state index in [2.05, 4.69) is 5.16 Å². The number of rotatable bonds is 10. The lowest BCUT2D eigenvalue weighted by molar-refractivity contribution is 0.324. The van der Waals surface area contributed by atoms with Gasteiger partial charge in [0.2, 0.25) is 15.8 Å². The summed E-state index contributed by atoms with van der Waals surface area (Å²) in [5, 5.41) is 4.10. The number of furan rings is 1. The molecular weight excluding hydrogens is 460 g/mol. The average molecular weight is 485 g/mol. The minimum Gasteiger partial charge on any atom is -0.493 e. The molecule has 0 N–H and O–H groups in total. The molecule has 9 nitrogen and oxygen atoms in total. The summed E-state index contributed by atoms with van der Waals surface area (Å²) in [4.78, 5) is 0.176. The molecule has 2 aromatic carbocycles. The number of methoxy groups -OCH3 is 3. The number of benzene rings is 2. The number of nitrogens with zero attached hydrogens (tertiary/aromatic N) is 2. The Bertz CT molecular complexity index is 1310. The van der Waals surface area contributed by atoms with Crippen molar-refractivity contribution in [1.82, 2.24) is 9.46 Å². The van der Waals surface area contributed by atoms with Gasteiger partial charge in [-0.05, 0) is 36.4 Å². The van der Waals surface area contributed by atoms with Crippen LogP contribution in [0.3, 0.4) is 0 Å². The molecule has 4 rings (SSSR count). The van der Waals surface area contributed by atoms with Gasteiger partial charge in [-0.1, -0.05) is 23.4 Å². The highest BCUT2D eigenvalue weighted by Crippen LogP contribution is 2.41. The van der Waals surface area contributed by atoms with E-state index in [-0.39, 0.29) is 18.0 Å². The van der Waals surface area contributed by atoms with Crippen molar-refractivity contribution in [3.05, 3.63) is 78.4 Å². The Morgan fingerprint density at radius 2 is 1.59 bits per heavy atom. The van der Waals surface area contributed by atoms with Crippen molar-refractivity contribution in [1.29, 1.82) is 0 Å². The monoisotopic (exact) mass is 484 g/mol. The SMILES string of the molecule is COc1cc(-c2cc(CN(Cc3ccco3)S(=O)(=O)c3ccccc3)no2)cc(OC)c1OC. The summed E-state index contributed by atoms with van der Waals surface area (Å²) in [6, 6.07) is 16.8. The largest absolute Gasteiger partial charge is 0.493 e. The third-order valence-electron chi connectivity index (χ3n) is 5.14. The van der Waals surface area contributed by atoms with Crippen LogP contribution in [0.4, 0.5) is 0 Å². The molecule has 2 heterocycles. The smallest absolute Gasteiger partial charge is 0.243 e. The lowest BCUT2D eigenvalue weighted by Crippen LogP contribution is -2.30. The summed E-state index contributed by atoms with van der Waals surface area (Å²) < 4.78 is 55.1. The summed E-state index contributed by atoms with van der Waals surface area (Å²) in [5.41, 5.74) is 1.06. The zero-order valence-corrected chi connectivity index (χ0v) is 19.7. The van der Waals surface area contributed by atoms with Gasteiger partial charge in [-0.15, -0.1) is 0 Å². The summed E-state index contributed by atoms with van der Waals surface area (Å²) >= 11 is 0. The molecule has 2 aromatic heterocycles. The molecule has 178 valence electrons. The van der Waals surface area contributed by atoms with Crippen molar-refractivity contribution >= 4 is 10.0 Å². The fourth-order valence-electron chi connectivity index (χ4n) is 3.47. The van der Waals surface area contributed by atoms with Crippen LogP contribution in [0.1, 0.15) is 11.5 Å². The van der Waals surface area contributed by atoms with Crippen LogP contribution in [0.2, 0.25) is 0 Å². The van der Waals surface area contributed by atoms with Gasteiger partial charge in [0.1, 0.15) is 5.76 Å². The van der Waals surface area contributed by atoms with E-state index in [4.69, 9.17) is 23.2 Å². The van der Waals surface area contributed by atoms with Gasteiger partial charge in [-0.3, -0.25) is 0 Å². The lowest BCUT2D eigenvalue weighted by Gasteiger charge is -2.20. The van der Waals surface area contributed by atoms with Gasteiger partial charge >= 0.3 is 0 Å². The van der Waals surface area contributed by atoms with E-state index in [0.29, 0.717) is 40.0 Å². The second-order valence-electron chi connectivity index (χ2n) is 7.26. The summed E-state index contributed by atoms with van der Waals surface area (Å²) in [7, 11) is 0.739. The van der Waals surface area contributed by atoms with E-state index >= 15 is 0 Å². The zero-order valence-electron chi connectivity index (χ0n) is 18.9. The maximum atomic E-state index is 13.4. The van der Waals surface area contributed by atoms with Crippen molar-refractivity contribution in [3.8, 4) is 28.6 Å². The van der Waals surface area contributed by atoms with Crippen LogP contribution >= 0.6 is 0 Å². The number of aromatic nitrogens is 1. The predicted molar refractivity (Wildman–Crippen MR) is 123 cm³/mol. The molecule has 0 aliphatic rings. The van der Waals surface area contributed by atoms with Gasteiger partial charge in [0.15, 0.2) is 17.3 Å². The van der Waals surface area contributed by atoms with Crippen molar-refractivity contribution in [3.63, 3.8) is 0 Å². The molecule has 0 atom stereocenters. The van der Waals surface area contributed by atoms with Crippen LogP contribution in [-0.4, -0.2) is 39.2 Å². The zero-order chi connectivity index (χ0) is 24.1. The summed E-state index contributed by atoms with van der Waals surface area (Å²) in [6.07, 6.45) is 1.50. The Morgan fingerprint density at radius 1 is 0.882 bits per heavy atom. The lowest BCUT2D eigenvalue weighted by atomic mass is 10.1. The van der Waals surface area contributed by atoms with Crippen LogP contribution in [0.15, 0.2) is 80.8 Å². The van der Waals surface area contributed by atoms with Crippen molar-refractivity contribution < 1.29 is 31.6 Å². The Kier molecular flexibility index (Phi) is 6.90. The van der Waals surface area contributed by atoms with Crippen LogP contribution in [0.25, 0.3) is 11.3 Å². The van der Waals surface area contributed by atoms with Crippen LogP contribution < -0.4 is 14.2 Å². The molecule has 0 bridgehead atoms. The van der Waals surface area contributed by atoms with Crippen molar-refractivity contribution in [2.45, 2.75) is 18.0 Å². The molecule has 0 unspecified atom stereocenters. The Balaban J connectivity index is 1.66. The maximum absolute atomic E-state index is 13.4. The second kappa shape index (κ2) is 10.0. The molecule has 0 aliphatic heterocycles. The van der Waals surface area contributed by atoms with Gasteiger partial charge in [0.25, 0.3) is 0 Å². The average Bonchev–Trinajstić information content (AvgIpc) is 3.55. The van der Waals surface area contributed by atoms with Gasteiger partial charge in [-0.2, -0.15) is 4.31 Å². The Morgan fingerprint density at radius 3 is 2.18 bits per heavy atom. The first-order valence-electron chi connectivity index (χ1n) is 10.3. The van der Waals surface area contributed by atoms with Gasteiger partial charge in [0, 0.05) is 11.6 Å². The second-order valence-corrected chi connectivity index (χ2v) is 9.20. The molecule has 0 radical (unpaired) electrons. The number of hydrogen-bond donors (Lipinski definition) is 0. The molecule has 0 aliphatic carbocycles. The van der Waals surface area contributed by atoms with E-state index in [0.717, 1.165) is 0 Å². The molecule has 4 aromatic rings. The van der Waals surface area contributed by atoms with E-state index in [9.17, 15) is 8.42 Å². The first-order valence-corrected chi connectivity index (χ1v) is 11.7. The van der Waals surface area contributed by atoms with Gasteiger partial charge in [0.05, 0.1) is 51.3 Å². The minimum atomic E-state index is -3.83. The molecule has 10 heteroatoms. The molecule has 0 fully saturated rings. The fraction of sp³-hybridized carbons (Fsp3) is 0.208. The third kappa shape index (κ3) is 4.78. The highest BCUT2D eigenvalue weighted by Gasteiger charge is 2.27. The topological polar surface area (TPSA) is 104 Å². The van der Waals surface area contributed by atoms with Gasteiger partial charge in [-0.25, -0.2) is 8.42 Å². The highest BCUT2D eigenvalue weighted by molar-refractivity contribution is 7.89. The quantitative estimate of drug-likeness (QED) is 0.327. The standard InChI is InChI=1S/C24H24N2O7S/c1-29-22-12-17(13-23(30-2)24(22)31-3)21-14-18(25-33-21)15-26(16-19-8-7-11-32-19)34(27,28)20-9-5-4-6-10-20/h4-14H,15-16H2,1-3H3. The highest BCUT2D eigenvalue weighted by atomic mass is 32.2. The fourth-order valence-corrected chi connectivity index (χ4v) is 4.87. The summed E-state index contributed by atoms with van der Waals surface area (Å²) in [6.45, 7) is 0.0163. The maximum Gasteiger partial charge on any atom is 0.243 e. The molecule has 0 saturated carbocycles. The minimum absolute atomic E-state index is 0.0220. The predicted octanol–water partition coefficient (Wildman–Crippen LogP) is 4.35. The van der Waals surface area contributed by atoms with Crippen molar-refractivity contribution in [2.75, 3.05) is 21.3 Å². The summed E-state index contributed by atoms with van der Waals surface area (Å²) in [5.74, 6) is 2.30. The Hall–Kier alpha value is -3.76. The first kappa shape index (κ1) is 23.4. The molecule has 0 amide bonds. The molecule has 34 heavy (non-hydrogen) atoms. The van der Waals surface area contributed by atoms with Crippen LogP contribution in [-0.2, 0) is 23.1 Å². The molecule has 0 spiro atoms. The van der Waals surface area contributed by atoms with Crippen molar-refractivity contribution in [2.24, 2.45) is 0 Å².